The molecule has 0 aliphatic carbocycles. The van der Waals surface area contributed by atoms with Crippen LogP contribution in [0.3, 0.4) is 0 Å². The van der Waals surface area contributed by atoms with E-state index in [1.165, 1.54) is 16.2 Å². The molecule has 3 aromatic rings. The molecule has 4 rings (SSSR count). The number of aliphatic hydroxyl groups excluding tert-OH is 1. The Morgan fingerprint density at radius 1 is 1.00 bits per heavy atom. The molecule has 0 saturated carbocycles. The van der Waals surface area contributed by atoms with Gasteiger partial charge in [-0.25, -0.2) is 0 Å². The largest absolute Gasteiger partial charge is 0.507 e. The molecule has 0 radical (unpaired) electrons. The van der Waals surface area contributed by atoms with Crippen molar-refractivity contribution in [1.82, 2.24) is 4.90 Å². The highest BCUT2D eigenvalue weighted by molar-refractivity contribution is 9.10. The molecule has 1 fully saturated rings. The minimum Gasteiger partial charge on any atom is -0.507 e. The van der Waals surface area contributed by atoms with E-state index in [1.54, 1.807) is 24.3 Å². The first-order chi connectivity index (χ1) is 13.6. The van der Waals surface area contributed by atoms with Crippen LogP contribution in [0.2, 0.25) is 0 Å². The lowest BCUT2D eigenvalue weighted by molar-refractivity contribution is -0.140. The van der Waals surface area contributed by atoms with Crippen molar-refractivity contribution in [2.45, 2.75) is 12.6 Å². The molecule has 1 atom stereocenters. The number of halogens is 1. The Labute approximate surface area is 174 Å². The van der Waals surface area contributed by atoms with Gasteiger partial charge in [0.1, 0.15) is 5.76 Å². The number of aliphatic hydroxyl groups is 1. The zero-order chi connectivity index (χ0) is 19.7. The smallest absolute Gasteiger partial charge is 0.295 e. The molecule has 0 spiro atoms. The van der Waals surface area contributed by atoms with Crippen molar-refractivity contribution in [3.05, 3.63) is 98.2 Å². The number of Topliss-reactive ketones (excluding diaryl/α,β-unsaturated/α-hetero) is 1. The maximum absolute atomic E-state index is 12.9. The molecule has 1 saturated heterocycles. The Morgan fingerprint density at radius 2 is 1.71 bits per heavy atom. The minimum atomic E-state index is -0.661. The summed E-state index contributed by atoms with van der Waals surface area (Å²) in [5.41, 5.74) is 1.41. The van der Waals surface area contributed by atoms with Crippen LogP contribution in [-0.2, 0) is 16.1 Å². The van der Waals surface area contributed by atoms with Crippen molar-refractivity contribution >= 4 is 44.7 Å². The number of rotatable bonds is 4. The number of amides is 1. The number of hydrogen-bond acceptors (Lipinski definition) is 4. The topological polar surface area (TPSA) is 57.6 Å². The zero-order valence-corrected chi connectivity index (χ0v) is 17.1. The van der Waals surface area contributed by atoms with E-state index in [-0.39, 0.29) is 11.3 Å². The molecule has 1 aliphatic rings. The first kappa shape index (κ1) is 18.7. The number of carbonyl (C=O) groups excluding carboxylic acids is 2. The van der Waals surface area contributed by atoms with Gasteiger partial charge >= 0.3 is 0 Å². The van der Waals surface area contributed by atoms with Crippen molar-refractivity contribution in [2.24, 2.45) is 0 Å². The van der Waals surface area contributed by atoms with Gasteiger partial charge in [0.25, 0.3) is 11.7 Å². The van der Waals surface area contributed by atoms with Gasteiger partial charge in [0.2, 0.25) is 0 Å². The number of carbonyl (C=O) groups is 2. The van der Waals surface area contributed by atoms with Crippen LogP contribution < -0.4 is 0 Å². The summed E-state index contributed by atoms with van der Waals surface area (Å²) in [6.45, 7) is 0.314. The SMILES string of the molecule is O=C1C(=O)N(Cc2cccs2)C(c2ccc(Br)cc2)/C1=C(\O)c1ccccc1. The lowest BCUT2D eigenvalue weighted by atomic mass is 9.95. The minimum absolute atomic E-state index is 0.120. The molecule has 28 heavy (non-hydrogen) atoms. The molecule has 2 heterocycles. The molecule has 1 aromatic heterocycles. The summed E-state index contributed by atoms with van der Waals surface area (Å²) in [5, 5.41) is 12.8. The van der Waals surface area contributed by atoms with Crippen LogP contribution in [0.5, 0.6) is 0 Å². The third kappa shape index (κ3) is 3.41. The van der Waals surface area contributed by atoms with Crippen LogP contribution in [0.4, 0.5) is 0 Å². The summed E-state index contributed by atoms with van der Waals surface area (Å²) in [6.07, 6.45) is 0. The summed E-state index contributed by atoms with van der Waals surface area (Å²) in [7, 11) is 0. The van der Waals surface area contributed by atoms with Gasteiger partial charge in [-0.05, 0) is 29.1 Å². The standard InChI is InChI=1S/C22H16BrNO3S/c23-16-10-8-14(9-11-16)19-18(20(25)15-5-2-1-3-6-15)21(26)22(27)24(19)13-17-7-4-12-28-17/h1-12,19,25H,13H2/b20-18+. The van der Waals surface area contributed by atoms with E-state index in [0.717, 1.165) is 14.9 Å². The first-order valence-corrected chi connectivity index (χ1v) is 10.3. The van der Waals surface area contributed by atoms with Crippen molar-refractivity contribution in [3.8, 4) is 0 Å². The van der Waals surface area contributed by atoms with Gasteiger partial charge in [0, 0.05) is 14.9 Å². The lowest BCUT2D eigenvalue weighted by Gasteiger charge is -2.25. The number of thiophene rings is 1. The zero-order valence-electron chi connectivity index (χ0n) is 14.7. The first-order valence-electron chi connectivity index (χ1n) is 8.68. The Morgan fingerprint density at radius 3 is 2.36 bits per heavy atom. The van der Waals surface area contributed by atoms with Crippen LogP contribution in [0.15, 0.2) is 82.2 Å². The summed E-state index contributed by atoms with van der Waals surface area (Å²) < 4.78 is 0.898. The van der Waals surface area contributed by atoms with Gasteiger partial charge in [-0.3, -0.25) is 9.59 Å². The van der Waals surface area contributed by atoms with Crippen molar-refractivity contribution in [1.29, 1.82) is 0 Å². The summed E-state index contributed by atoms with van der Waals surface area (Å²) in [4.78, 5) is 28.3. The fourth-order valence-electron chi connectivity index (χ4n) is 3.36. The molecule has 1 unspecified atom stereocenters. The highest BCUT2D eigenvalue weighted by Crippen LogP contribution is 2.40. The third-order valence-electron chi connectivity index (χ3n) is 4.68. The molecular weight excluding hydrogens is 438 g/mol. The third-order valence-corrected chi connectivity index (χ3v) is 6.07. The molecule has 1 N–H and O–H groups in total. The molecule has 2 aromatic carbocycles. The van der Waals surface area contributed by atoms with E-state index in [9.17, 15) is 14.7 Å². The highest BCUT2D eigenvalue weighted by Gasteiger charge is 2.46. The van der Waals surface area contributed by atoms with E-state index >= 15 is 0 Å². The van der Waals surface area contributed by atoms with Gasteiger partial charge in [-0.2, -0.15) is 0 Å². The van der Waals surface area contributed by atoms with Crippen molar-refractivity contribution in [2.75, 3.05) is 0 Å². The van der Waals surface area contributed by atoms with Crippen molar-refractivity contribution < 1.29 is 14.7 Å². The van der Waals surface area contributed by atoms with E-state index in [4.69, 9.17) is 0 Å². The summed E-state index contributed by atoms with van der Waals surface area (Å²) >= 11 is 4.94. The van der Waals surface area contributed by atoms with Gasteiger partial charge in [-0.15, -0.1) is 11.3 Å². The summed E-state index contributed by atoms with van der Waals surface area (Å²) in [6, 6.07) is 19.5. The molecule has 4 nitrogen and oxygen atoms in total. The average molecular weight is 454 g/mol. The predicted molar refractivity (Wildman–Crippen MR) is 113 cm³/mol. The monoisotopic (exact) mass is 453 g/mol. The molecule has 1 amide bonds. The molecule has 1 aliphatic heterocycles. The Bertz CT molecular complexity index is 1040. The van der Waals surface area contributed by atoms with Crippen molar-refractivity contribution in [3.63, 3.8) is 0 Å². The quantitative estimate of drug-likeness (QED) is 0.338. The normalized spacial score (nSPS) is 18.6. The van der Waals surface area contributed by atoms with Gasteiger partial charge in [0.05, 0.1) is 18.2 Å². The van der Waals surface area contributed by atoms with E-state index in [2.05, 4.69) is 15.9 Å². The Balaban J connectivity index is 1.86. The van der Waals surface area contributed by atoms with Crippen LogP contribution >= 0.6 is 27.3 Å². The maximum Gasteiger partial charge on any atom is 0.295 e. The summed E-state index contributed by atoms with van der Waals surface area (Å²) in [5.74, 6) is -1.41. The number of benzene rings is 2. The predicted octanol–water partition coefficient (Wildman–Crippen LogP) is 5.13. The molecule has 0 bridgehead atoms. The maximum atomic E-state index is 12.9. The van der Waals surface area contributed by atoms with Crippen LogP contribution in [0.1, 0.15) is 22.0 Å². The second kappa shape index (κ2) is 7.73. The average Bonchev–Trinajstić information content (AvgIpc) is 3.31. The second-order valence-electron chi connectivity index (χ2n) is 6.42. The Hall–Kier alpha value is -2.70. The van der Waals surface area contributed by atoms with Gasteiger partial charge in [-0.1, -0.05) is 64.5 Å². The van der Waals surface area contributed by atoms with Gasteiger partial charge < -0.3 is 10.0 Å². The van der Waals surface area contributed by atoms with Gasteiger partial charge in [0.15, 0.2) is 0 Å². The van der Waals surface area contributed by atoms with Crippen LogP contribution in [-0.4, -0.2) is 21.7 Å². The lowest BCUT2D eigenvalue weighted by Crippen LogP contribution is -2.28. The van der Waals surface area contributed by atoms with E-state index in [0.29, 0.717) is 12.1 Å². The number of hydrogen-bond donors (Lipinski definition) is 1. The number of ketones is 1. The molecule has 140 valence electrons. The molecule has 6 heteroatoms. The fraction of sp³-hybridized carbons (Fsp3) is 0.0909. The highest BCUT2D eigenvalue weighted by atomic mass is 79.9. The fourth-order valence-corrected chi connectivity index (χ4v) is 4.32. The Kier molecular flexibility index (Phi) is 5.15. The second-order valence-corrected chi connectivity index (χ2v) is 8.37. The number of nitrogens with zero attached hydrogens (tertiary/aromatic N) is 1. The van der Waals surface area contributed by atoms with E-state index in [1.807, 2.05) is 47.8 Å². The van der Waals surface area contributed by atoms with Crippen LogP contribution in [0.25, 0.3) is 5.76 Å². The van der Waals surface area contributed by atoms with E-state index < -0.39 is 17.7 Å². The van der Waals surface area contributed by atoms with Crippen LogP contribution in [0, 0.1) is 0 Å². The number of likely N-dealkylation sites (tertiary alicyclic amines) is 1. The molecular formula is C22H16BrNO3S.